The molecule has 1 amide bonds. The van der Waals surface area contributed by atoms with Crippen LogP contribution in [0.2, 0.25) is 0 Å². The molecule has 1 aromatic heterocycles. The normalized spacial score (nSPS) is 13.1. The Labute approximate surface area is 144 Å². The molecule has 0 unspecified atom stereocenters. The smallest absolute Gasteiger partial charge is 0.229 e. The highest BCUT2D eigenvalue weighted by Gasteiger charge is 2.10. The molecule has 0 saturated heterocycles. The Morgan fingerprint density at radius 3 is 2.84 bits per heavy atom. The molecule has 0 saturated carbocycles. The molecule has 2 aromatic rings. The molecular formula is C17H17FN6O. The number of nitrogens with one attached hydrogen (secondary N) is 3. The second-order valence-electron chi connectivity index (χ2n) is 5.43. The van der Waals surface area contributed by atoms with Gasteiger partial charge in [0.2, 0.25) is 11.9 Å². The highest BCUT2D eigenvalue weighted by atomic mass is 19.1. The van der Waals surface area contributed by atoms with Crippen LogP contribution in [0.1, 0.15) is 19.8 Å². The van der Waals surface area contributed by atoms with E-state index in [0.717, 1.165) is 24.7 Å². The molecule has 25 heavy (non-hydrogen) atoms. The van der Waals surface area contributed by atoms with Gasteiger partial charge in [-0.25, -0.2) is 9.37 Å². The summed E-state index contributed by atoms with van der Waals surface area (Å²) in [5.41, 5.74) is 2.07. The fraction of sp³-hybridized carbons (Fsp3) is 0.176. The summed E-state index contributed by atoms with van der Waals surface area (Å²) in [4.78, 5) is 23.3. The number of carbonyl (C=O) groups is 1. The van der Waals surface area contributed by atoms with Crippen molar-refractivity contribution in [3.63, 3.8) is 0 Å². The van der Waals surface area contributed by atoms with Gasteiger partial charge >= 0.3 is 0 Å². The fourth-order valence-electron chi connectivity index (χ4n) is 2.27. The van der Waals surface area contributed by atoms with Gasteiger partial charge in [0.25, 0.3) is 0 Å². The minimum atomic E-state index is -0.578. The van der Waals surface area contributed by atoms with Crippen molar-refractivity contribution in [1.29, 1.82) is 0 Å². The van der Waals surface area contributed by atoms with Crippen LogP contribution >= 0.6 is 0 Å². The van der Waals surface area contributed by atoms with Crippen molar-refractivity contribution in [2.75, 3.05) is 16.0 Å². The SMILES string of the molecule is CC(=O)Nc1cccc(Nc2nc(NC3=CN=CCC3)ncc2F)c1. The van der Waals surface area contributed by atoms with Crippen molar-refractivity contribution in [1.82, 2.24) is 9.97 Å². The van der Waals surface area contributed by atoms with Gasteiger partial charge in [-0.2, -0.15) is 4.98 Å². The Hall–Kier alpha value is -3.29. The van der Waals surface area contributed by atoms with E-state index in [1.807, 2.05) is 6.21 Å². The van der Waals surface area contributed by atoms with Gasteiger partial charge in [0.15, 0.2) is 11.6 Å². The lowest BCUT2D eigenvalue weighted by molar-refractivity contribution is -0.114. The highest BCUT2D eigenvalue weighted by molar-refractivity contribution is 5.89. The predicted octanol–water partition coefficient (Wildman–Crippen LogP) is 3.44. The van der Waals surface area contributed by atoms with E-state index in [4.69, 9.17) is 0 Å². The summed E-state index contributed by atoms with van der Waals surface area (Å²) in [5.74, 6) is -0.436. The molecule has 1 aromatic carbocycles. The van der Waals surface area contributed by atoms with Crippen molar-refractivity contribution in [3.8, 4) is 0 Å². The second kappa shape index (κ2) is 7.52. The number of benzene rings is 1. The lowest BCUT2D eigenvalue weighted by atomic mass is 10.2. The number of rotatable bonds is 5. The number of hydrogen-bond donors (Lipinski definition) is 3. The standard InChI is InChI=1S/C17H17FN6O/c1-11(25)21-12-4-2-5-13(8-12)22-16-15(18)10-20-17(24-16)23-14-6-3-7-19-9-14/h2,4-5,7-10H,3,6H2,1H3,(H,21,25)(H2,20,22,23,24). The average Bonchev–Trinajstić information content (AvgIpc) is 2.59. The van der Waals surface area contributed by atoms with Crippen molar-refractivity contribution in [2.45, 2.75) is 19.8 Å². The number of aliphatic imine (C=N–C) groups is 1. The summed E-state index contributed by atoms with van der Waals surface area (Å²) in [5, 5.41) is 8.60. The maximum Gasteiger partial charge on any atom is 0.229 e. The van der Waals surface area contributed by atoms with E-state index < -0.39 is 5.82 Å². The average molecular weight is 340 g/mol. The molecule has 3 rings (SSSR count). The van der Waals surface area contributed by atoms with Crippen LogP contribution in [0.5, 0.6) is 0 Å². The Bertz CT molecular complexity index is 849. The molecular weight excluding hydrogens is 323 g/mol. The summed E-state index contributed by atoms with van der Waals surface area (Å²) in [7, 11) is 0. The van der Waals surface area contributed by atoms with E-state index >= 15 is 0 Å². The van der Waals surface area contributed by atoms with Gasteiger partial charge in [0.1, 0.15) is 0 Å². The molecule has 1 aliphatic rings. The van der Waals surface area contributed by atoms with E-state index in [0.29, 0.717) is 11.4 Å². The van der Waals surface area contributed by atoms with Crippen LogP contribution in [-0.2, 0) is 4.79 Å². The van der Waals surface area contributed by atoms with E-state index in [2.05, 4.69) is 30.9 Å². The zero-order valence-corrected chi connectivity index (χ0v) is 13.6. The number of aromatic nitrogens is 2. The van der Waals surface area contributed by atoms with Gasteiger partial charge in [-0.3, -0.25) is 9.79 Å². The van der Waals surface area contributed by atoms with E-state index in [-0.39, 0.29) is 17.7 Å². The van der Waals surface area contributed by atoms with Crippen LogP contribution in [0, 0.1) is 5.82 Å². The number of allylic oxidation sites excluding steroid dienone is 1. The fourth-order valence-corrected chi connectivity index (χ4v) is 2.27. The topological polar surface area (TPSA) is 91.3 Å². The molecule has 2 heterocycles. The van der Waals surface area contributed by atoms with Crippen LogP contribution in [0.3, 0.4) is 0 Å². The molecule has 0 spiro atoms. The molecule has 0 atom stereocenters. The van der Waals surface area contributed by atoms with Gasteiger partial charge in [-0.15, -0.1) is 0 Å². The Morgan fingerprint density at radius 1 is 1.24 bits per heavy atom. The summed E-state index contributed by atoms with van der Waals surface area (Å²) in [6, 6.07) is 6.93. The highest BCUT2D eigenvalue weighted by Crippen LogP contribution is 2.22. The van der Waals surface area contributed by atoms with E-state index in [1.165, 1.54) is 6.92 Å². The zero-order chi connectivity index (χ0) is 17.6. The van der Waals surface area contributed by atoms with Gasteiger partial charge in [0, 0.05) is 36.4 Å². The molecule has 7 nitrogen and oxygen atoms in total. The van der Waals surface area contributed by atoms with Crippen molar-refractivity contribution in [2.24, 2.45) is 4.99 Å². The summed E-state index contributed by atoms with van der Waals surface area (Å²) >= 11 is 0. The maximum atomic E-state index is 14.0. The van der Waals surface area contributed by atoms with Crippen molar-refractivity contribution < 1.29 is 9.18 Å². The summed E-state index contributed by atoms with van der Waals surface area (Å²) in [6.07, 6.45) is 6.25. The summed E-state index contributed by atoms with van der Waals surface area (Å²) in [6.45, 7) is 1.42. The van der Waals surface area contributed by atoms with Gasteiger partial charge < -0.3 is 16.0 Å². The zero-order valence-electron chi connectivity index (χ0n) is 13.6. The third-order valence-corrected chi connectivity index (χ3v) is 3.34. The molecule has 128 valence electrons. The molecule has 1 aliphatic heterocycles. The van der Waals surface area contributed by atoms with E-state index in [9.17, 15) is 9.18 Å². The van der Waals surface area contributed by atoms with Crippen LogP contribution in [0.4, 0.5) is 27.5 Å². The number of hydrogen-bond acceptors (Lipinski definition) is 6. The van der Waals surface area contributed by atoms with Gasteiger partial charge in [-0.1, -0.05) is 6.07 Å². The monoisotopic (exact) mass is 340 g/mol. The molecule has 8 heteroatoms. The Morgan fingerprint density at radius 2 is 2.08 bits per heavy atom. The minimum Gasteiger partial charge on any atom is -0.338 e. The van der Waals surface area contributed by atoms with Gasteiger partial charge in [0.05, 0.1) is 6.20 Å². The van der Waals surface area contributed by atoms with Crippen molar-refractivity contribution in [3.05, 3.63) is 48.2 Å². The lowest BCUT2D eigenvalue weighted by Gasteiger charge is -2.12. The minimum absolute atomic E-state index is 0.0392. The third kappa shape index (κ3) is 4.60. The molecule has 0 fully saturated rings. The number of carbonyl (C=O) groups excluding carboxylic acids is 1. The van der Waals surface area contributed by atoms with Gasteiger partial charge in [-0.05, 0) is 31.0 Å². The van der Waals surface area contributed by atoms with Crippen LogP contribution in [0.15, 0.2) is 47.4 Å². The first kappa shape index (κ1) is 16.6. The second-order valence-corrected chi connectivity index (χ2v) is 5.43. The van der Waals surface area contributed by atoms with Crippen molar-refractivity contribution >= 4 is 35.3 Å². The Kier molecular flexibility index (Phi) is 4.98. The third-order valence-electron chi connectivity index (χ3n) is 3.34. The predicted molar refractivity (Wildman–Crippen MR) is 95.5 cm³/mol. The largest absolute Gasteiger partial charge is 0.338 e. The quantitative estimate of drug-likeness (QED) is 0.775. The summed E-state index contributed by atoms with van der Waals surface area (Å²) < 4.78 is 14.0. The van der Waals surface area contributed by atoms with Crippen LogP contribution < -0.4 is 16.0 Å². The molecule has 0 aliphatic carbocycles. The number of anilines is 4. The first-order valence-electron chi connectivity index (χ1n) is 7.75. The number of amides is 1. The maximum absolute atomic E-state index is 14.0. The van der Waals surface area contributed by atoms with Crippen LogP contribution in [-0.4, -0.2) is 22.1 Å². The van der Waals surface area contributed by atoms with Crippen LogP contribution in [0.25, 0.3) is 0 Å². The lowest BCUT2D eigenvalue weighted by Crippen LogP contribution is -2.08. The molecule has 0 radical (unpaired) electrons. The first-order valence-corrected chi connectivity index (χ1v) is 7.75. The molecule has 0 bridgehead atoms. The first-order chi connectivity index (χ1) is 12.1. The Balaban J connectivity index is 1.77. The molecule has 3 N–H and O–H groups in total. The number of halogens is 1. The van der Waals surface area contributed by atoms with E-state index in [1.54, 1.807) is 30.5 Å². The number of nitrogens with zero attached hydrogens (tertiary/aromatic N) is 3.